The molecule has 1 aliphatic heterocycles. The Morgan fingerprint density at radius 2 is 2.06 bits per heavy atom. The van der Waals surface area contributed by atoms with Gasteiger partial charge in [0.05, 0.1) is 0 Å². The van der Waals surface area contributed by atoms with E-state index in [9.17, 15) is 4.79 Å². The summed E-state index contributed by atoms with van der Waals surface area (Å²) in [6.07, 6.45) is -0.185. The third-order valence-corrected chi connectivity index (χ3v) is 3.49. The molecule has 1 aromatic rings. The zero-order valence-corrected chi connectivity index (χ0v) is 10.1. The molecule has 1 aromatic carbocycles. The standard InChI is InChI=1S/C12H15ClN2O2/c13-9-3-1-8(2-4-9)10-7-15(12(16)17)6-5-11(10)14/h1-4,10-11H,5-7,14H2,(H,16,17). The quantitative estimate of drug-likeness (QED) is 0.807. The first-order valence-corrected chi connectivity index (χ1v) is 5.94. The van der Waals surface area contributed by atoms with Gasteiger partial charge < -0.3 is 15.7 Å². The minimum absolute atomic E-state index is 0.00627. The molecule has 1 aliphatic rings. The van der Waals surface area contributed by atoms with Crippen LogP contribution < -0.4 is 5.73 Å². The molecule has 2 atom stereocenters. The van der Waals surface area contributed by atoms with Gasteiger partial charge in [0.25, 0.3) is 0 Å². The summed E-state index contributed by atoms with van der Waals surface area (Å²) in [5.74, 6) is 0.0529. The van der Waals surface area contributed by atoms with Crippen molar-refractivity contribution < 1.29 is 9.90 Å². The smallest absolute Gasteiger partial charge is 0.407 e. The number of nitrogens with two attached hydrogens (primary N) is 1. The maximum atomic E-state index is 11.0. The lowest BCUT2D eigenvalue weighted by Gasteiger charge is -2.35. The molecule has 17 heavy (non-hydrogen) atoms. The van der Waals surface area contributed by atoms with Gasteiger partial charge in [-0.15, -0.1) is 0 Å². The van der Waals surface area contributed by atoms with E-state index in [1.54, 1.807) is 0 Å². The van der Waals surface area contributed by atoms with Gasteiger partial charge in [-0.2, -0.15) is 0 Å². The zero-order valence-electron chi connectivity index (χ0n) is 9.34. The van der Waals surface area contributed by atoms with Gasteiger partial charge in [0.2, 0.25) is 0 Å². The number of hydrogen-bond donors (Lipinski definition) is 2. The average Bonchev–Trinajstić information content (AvgIpc) is 2.31. The van der Waals surface area contributed by atoms with Gasteiger partial charge in [0, 0.05) is 30.1 Å². The maximum absolute atomic E-state index is 11.0. The second-order valence-electron chi connectivity index (χ2n) is 4.34. The number of rotatable bonds is 1. The number of carbonyl (C=O) groups is 1. The van der Waals surface area contributed by atoms with Crippen molar-refractivity contribution >= 4 is 17.7 Å². The SMILES string of the molecule is NC1CCN(C(=O)O)CC1c1ccc(Cl)cc1. The van der Waals surface area contributed by atoms with Crippen molar-refractivity contribution in [2.75, 3.05) is 13.1 Å². The number of nitrogens with zero attached hydrogens (tertiary/aromatic N) is 1. The monoisotopic (exact) mass is 254 g/mol. The Morgan fingerprint density at radius 3 is 2.65 bits per heavy atom. The second kappa shape index (κ2) is 4.94. The Morgan fingerprint density at radius 1 is 1.41 bits per heavy atom. The zero-order chi connectivity index (χ0) is 12.4. The van der Waals surface area contributed by atoms with Gasteiger partial charge in [0.15, 0.2) is 0 Å². The van der Waals surface area contributed by atoms with Crippen LogP contribution in [0.3, 0.4) is 0 Å². The Bertz CT molecular complexity index is 407. The molecule has 0 spiro atoms. The lowest BCUT2D eigenvalue weighted by Crippen LogP contribution is -2.47. The van der Waals surface area contributed by atoms with E-state index >= 15 is 0 Å². The third kappa shape index (κ3) is 2.70. The van der Waals surface area contributed by atoms with Gasteiger partial charge in [-0.05, 0) is 24.1 Å². The van der Waals surface area contributed by atoms with Crippen LogP contribution in [0.15, 0.2) is 24.3 Å². The van der Waals surface area contributed by atoms with Crippen LogP contribution in [0.25, 0.3) is 0 Å². The molecule has 92 valence electrons. The number of amides is 1. The van der Waals surface area contributed by atoms with E-state index in [4.69, 9.17) is 22.4 Å². The van der Waals surface area contributed by atoms with E-state index in [1.807, 2.05) is 24.3 Å². The van der Waals surface area contributed by atoms with E-state index in [0.717, 1.165) is 5.56 Å². The Balaban J connectivity index is 2.17. The molecule has 4 nitrogen and oxygen atoms in total. The highest BCUT2D eigenvalue weighted by atomic mass is 35.5. The number of halogens is 1. The summed E-state index contributed by atoms with van der Waals surface area (Å²) in [5.41, 5.74) is 7.11. The summed E-state index contributed by atoms with van der Waals surface area (Å²) >= 11 is 5.83. The highest BCUT2D eigenvalue weighted by molar-refractivity contribution is 6.30. The number of piperidine rings is 1. The fraction of sp³-hybridized carbons (Fsp3) is 0.417. The molecule has 5 heteroatoms. The van der Waals surface area contributed by atoms with Gasteiger partial charge >= 0.3 is 6.09 Å². The largest absolute Gasteiger partial charge is 0.465 e. The fourth-order valence-electron chi connectivity index (χ4n) is 2.21. The summed E-state index contributed by atoms with van der Waals surface area (Å²) in [6, 6.07) is 7.45. The lowest BCUT2D eigenvalue weighted by molar-refractivity contribution is 0.126. The molecule has 0 bridgehead atoms. The number of likely N-dealkylation sites (tertiary alicyclic amines) is 1. The molecule has 2 rings (SSSR count). The van der Waals surface area contributed by atoms with Crippen LogP contribution >= 0.6 is 11.6 Å². The highest BCUT2D eigenvalue weighted by Crippen LogP contribution is 2.27. The van der Waals surface area contributed by atoms with Crippen molar-refractivity contribution in [1.82, 2.24) is 4.90 Å². The van der Waals surface area contributed by atoms with Crippen LogP contribution in [0, 0.1) is 0 Å². The summed E-state index contributed by atoms with van der Waals surface area (Å²) in [7, 11) is 0. The van der Waals surface area contributed by atoms with E-state index in [1.165, 1.54) is 4.90 Å². The fourth-order valence-corrected chi connectivity index (χ4v) is 2.33. The van der Waals surface area contributed by atoms with Crippen molar-refractivity contribution in [3.63, 3.8) is 0 Å². The molecule has 1 amide bonds. The van der Waals surface area contributed by atoms with Crippen molar-refractivity contribution in [2.24, 2.45) is 5.73 Å². The first kappa shape index (κ1) is 12.2. The number of hydrogen-bond acceptors (Lipinski definition) is 2. The first-order valence-electron chi connectivity index (χ1n) is 5.57. The highest BCUT2D eigenvalue weighted by Gasteiger charge is 2.30. The molecule has 1 fully saturated rings. The van der Waals surface area contributed by atoms with Crippen LogP contribution in [0.1, 0.15) is 17.9 Å². The van der Waals surface area contributed by atoms with E-state index in [2.05, 4.69) is 0 Å². The molecule has 1 saturated heterocycles. The molecule has 3 N–H and O–H groups in total. The van der Waals surface area contributed by atoms with Gasteiger partial charge in [-0.1, -0.05) is 23.7 Å². The lowest BCUT2D eigenvalue weighted by atomic mass is 9.87. The Kier molecular flexibility index (Phi) is 3.54. The van der Waals surface area contributed by atoms with E-state index in [-0.39, 0.29) is 12.0 Å². The third-order valence-electron chi connectivity index (χ3n) is 3.23. The van der Waals surface area contributed by atoms with Crippen LogP contribution in [-0.4, -0.2) is 35.2 Å². The molecular weight excluding hydrogens is 240 g/mol. The Labute approximate surface area is 105 Å². The van der Waals surface area contributed by atoms with Gasteiger partial charge in [-0.25, -0.2) is 4.79 Å². The van der Waals surface area contributed by atoms with Gasteiger partial charge in [0.1, 0.15) is 0 Å². The predicted molar refractivity (Wildman–Crippen MR) is 66.4 cm³/mol. The minimum Gasteiger partial charge on any atom is -0.465 e. The second-order valence-corrected chi connectivity index (χ2v) is 4.78. The summed E-state index contributed by atoms with van der Waals surface area (Å²) in [5, 5.41) is 9.67. The van der Waals surface area contributed by atoms with Crippen molar-refractivity contribution in [3.05, 3.63) is 34.9 Å². The van der Waals surface area contributed by atoms with Crippen LogP contribution in [0.5, 0.6) is 0 Å². The molecule has 2 unspecified atom stereocenters. The van der Waals surface area contributed by atoms with Crippen molar-refractivity contribution in [1.29, 1.82) is 0 Å². The summed E-state index contributed by atoms with van der Waals surface area (Å²) in [4.78, 5) is 12.4. The molecule has 0 aliphatic carbocycles. The Hall–Kier alpha value is -1.26. The normalized spacial score (nSPS) is 24.7. The molecule has 1 heterocycles. The molecule has 0 radical (unpaired) electrons. The molecule has 0 aromatic heterocycles. The predicted octanol–water partition coefficient (Wildman–Crippen LogP) is 2.13. The minimum atomic E-state index is -0.879. The van der Waals surface area contributed by atoms with E-state index in [0.29, 0.717) is 24.5 Å². The van der Waals surface area contributed by atoms with E-state index < -0.39 is 6.09 Å². The van der Waals surface area contributed by atoms with Crippen molar-refractivity contribution in [3.8, 4) is 0 Å². The number of carboxylic acid groups (broad SMARTS) is 1. The summed E-state index contributed by atoms with van der Waals surface area (Å²) < 4.78 is 0. The van der Waals surface area contributed by atoms with Crippen molar-refractivity contribution in [2.45, 2.75) is 18.4 Å². The molecular formula is C12H15ClN2O2. The average molecular weight is 255 g/mol. The molecule has 0 saturated carbocycles. The maximum Gasteiger partial charge on any atom is 0.407 e. The first-order chi connectivity index (χ1) is 8.08. The van der Waals surface area contributed by atoms with Crippen LogP contribution in [0.4, 0.5) is 4.79 Å². The van der Waals surface area contributed by atoms with Crippen LogP contribution in [0.2, 0.25) is 5.02 Å². The summed E-state index contributed by atoms with van der Waals surface area (Å²) in [6.45, 7) is 0.971. The van der Waals surface area contributed by atoms with Crippen LogP contribution in [-0.2, 0) is 0 Å². The number of benzene rings is 1. The topological polar surface area (TPSA) is 66.6 Å². The van der Waals surface area contributed by atoms with Gasteiger partial charge in [-0.3, -0.25) is 0 Å².